The second kappa shape index (κ2) is 7.83. The number of anilines is 1. The van der Waals surface area contributed by atoms with E-state index in [1.54, 1.807) is 19.5 Å². The summed E-state index contributed by atoms with van der Waals surface area (Å²) in [6.07, 6.45) is 4.49. The van der Waals surface area contributed by atoms with Crippen LogP contribution < -0.4 is 14.8 Å². The Hall–Kier alpha value is -1.82. The molecule has 1 heterocycles. The van der Waals surface area contributed by atoms with Crippen molar-refractivity contribution < 1.29 is 9.47 Å². The van der Waals surface area contributed by atoms with Gasteiger partial charge in [0.15, 0.2) is 0 Å². The quantitative estimate of drug-likeness (QED) is 0.824. The second-order valence-electron chi connectivity index (χ2n) is 4.40. The zero-order valence-electron chi connectivity index (χ0n) is 12.1. The van der Waals surface area contributed by atoms with Gasteiger partial charge in [-0.15, -0.1) is 0 Å². The van der Waals surface area contributed by atoms with Crippen LogP contribution in [0.25, 0.3) is 0 Å². The number of ether oxygens (including phenoxy) is 2. The predicted molar refractivity (Wildman–Crippen MR) is 85.8 cm³/mol. The van der Waals surface area contributed by atoms with Gasteiger partial charge in [0.05, 0.1) is 29.7 Å². The SMILES string of the molecule is CCCNc1cnc(COc2ccc(OC)cc2Br)cn1. The molecule has 0 aliphatic rings. The molecule has 21 heavy (non-hydrogen) atoms. The van der Waals surface area contributed by atoms with Gasteiger partial charge >= 0.3 is 0 Å². The van der Waals surface area contributed by atoms with Gasteiger partial charge in [-0.2, -0.15) is 0 Å². The molecule has 0 atom stereocenters. The molecule has 5 nitrogen and oxygen atoms in total. The zero-order valence-corrected chi connectivity index (χ0v) is 13.7. The highest BCUT2D eigenvalue weighted by molar-refractivity contribution is 9.10. The molecule has 0 bridgehead atoms. The van der Waals surface area contributed by atoms with E-state index in [0.717, 1.165) is 40.4 Å². The molecule has 0 saturated carbocycles. The van der Waals surface area contributed by atoms with Crippen molar-refractivity contribution in [3.05, 3.63) is 40.8 Å². The number of nitrogens with zero attached hydrogens (tertiary/aromatic N) is 2. The number of rotatable bonds is 7. The highest BCUT2D eigenvalue weighted by atomic mass is 79.9. The average Bonchev–Trinajstić information content (AvgIpc) is 2.52. The molecule has 0 aliphatic heterocycles. The van der Waals surface area contributed by atoms with Gasteiger partial charge in [0.2, 0.25) is 0 Å². The number of benzene rings is 1. The molecule has 0 aliphatic carbocycles. The Balaban J connectivity index is 1.93. The van der Waals surface area contributed by atoms with Crippen LogP contribution in [0.1, 0.15) is 19.0 Å². The Kier molecular flexibility index (Phi) is 5.80. The Bertz CT molecular complexity index is 576. The van der Waals surface area contributed by atoms with Crippen molar-refractivity contribution >= 4 is 21.7 Å². The minimum Gasteiger partial charge on any atom is -0.497 e. The van der Waals surface area contributed by atoms with Gasteiger partial charge in [0, 0.05) is 6.54 Å². The number of aromatic nitrogens is 2. The Morgan fingerprint density at radius 2 is 2.10 bits per heavy atom. The summed E-state index contributed by atoms with van der Waals surface area (Å²) in [4.78, 5) is 8.61. The Morgan fingerprint density at radius 3 is 2.71 bits per heavy atom. The third-order valence-corrected chi connectivity index (χ3v) is 3.40. The van der Waals surface area contributed by atoms with E-state index in [9.17, 15) is 0 Å². The van der Waals surface area contributed by atoms with Crippen molar-refractivity contribution in [3.63, 3.8) is 0 Å². The van der Waals surface area contributed by atoms with Crippen LogP contribution in [0.5, 0.6) is 11.5 Å². The maximum absolute atomic E-state index is 5.72. The molecule has 0 spiro atoms. The van der Waals surface area contributed by atoms with Crippen molar-refractivity contribution in [3.8, 4) is 11.5 Å². The molecule has 0 unspecified atom stereocenters. The molecule has 0 saturated heterocycles. The molecule has 2 rings (SSSR count). The van der Waals surface area contributed by atoms with Gasteiger partial charge in [0.1, 0.15) is 23.9 Å². The molecule has 1 N–H and O–H groups in total. The monoisotopic (exact) mass is 351 g/mol. The number of hydrogen-bond acceptors (Lipinski definition) is 5. The fourth-order valence-electron chi connectivity index (χ4n) is 1.65. The van der Waals surface area contributed by atoms with Crippen LogP contribution in [-0.2, 0) is 6.61 Å². The van der Waals surface area contributed by atoms with E-state index in [-0.39, 0.29) is 0 Å². The molecule has 1 aromatic carbocycles. The van der Waals surface area contributed by atoms with Crippen LogP contribution in [0.4, 0.5) is 5.82 Å². The summed E-state index contributed by atoms with van der Waals surface area (Å²) < 4.78 is 11.7. The van der Waals surface area contributed by atoms with Gasteiger partial charge in [-0.3, -0.25) is 4.98 Å². The first-order chi connectivity index (χ1) is 10.2. The Morgan fingerprint density at radius 1 is 1.24 bits per heavy atom. The van der Waals surface area contributed by atoms with E-state index in [1.807, 2.05) is 18.2 Å². The smallest absolute Gasteiger partial charge is 0.144 e. The molecule has 6 heteroatoms. The zero-order chi connectivity index (χ0) is 15.1. The Labute approximate surface area is 132 Å². The largest absolute Gasteiger partial charge is 0.497 e. The molecule has 112 valence electrons. The van der Waals surface area contributed by atoms with Crippen molar-refractivity contribution in [1.82, 2.24) is 9.97 Å². The molecule has 0 amide bonds. The summed E-state index contributed by atoms with van der Waals surface area (Å²) in [5.41, 5.74) is 0.778. The maximum Gasteiger partial charge on any atom is 0.144 e. The van der Waals surface area contributed by atoms with Crippen LogP contribution >= 0.6 is 15.9 Å². The standard InChI is InChI=1S/C15H18BrN3O2/c1-3-6-17-15-9-18-11(8-19-15)10-21-14-5-4-12(20-2)7-13(14)16/h4-5,7-9H,3,6,10H2,1-2H3,(H,17,19). The van der Waals surface area contributed by atoms with E-state index >= 15 is 0 Å². The summed E-state index contributed by atoms with van der Waals surface area (Å²) >= 11 is 3.45. The van der Waals surface area contributed by atoms with E-state index in [1.165, 1.54) is 0 Å². The molecule has 0 radical (unpaired) electrons. The van der Waals surface area contributed by atoms with Crippen LogP contribution in [0.3, 0.4) is 0 Å². The first-order valence-corrected chi connectivity index (χ1v) is 7.53. The van der Waals surface area contributed by atoms with Gasteiger partial charge in [-0.1, -0.05) is 6.92 Å². The van der Waals surface area contributed by atoms with E-state index in [0.29, 0.717) is 6.61 Å². The van der Waals surface area contributed by atoms with Crippen LogP contribution in [0, 0.1) is 0 Å². The summed E-state index contributed by atoms with van der Waals surface area (Å²) in [7, 11) is 1.63. The average molecular weight is 352 g/mol. The number of halogens is 1. The molecular weight excluding hydrogens is 334 g/mol. The summed E-state index contributed by atoms with van der Waals surface area (Å²) in [6.45, 7) is 3.37. The normalized spacial score (nSPS) is 10.2. The van der Waals surface area contributed by atoms with E-state index < -0.39 is 0 Å². The third kappa shape index (κ3) is 4.60. The topological polar surface area (TPSA) is 56.3 Å². The van der Waals surface area contributed by atoms with Crippen LogP contribution in [-0.4, -0.2) is 23.6 Å². The first-order valence-electron chi connectivity index (χ1n) is 6.74. The summed E-state index contributed by atoms with van der Waals surface area (Å²) in [5.74, 6) is 2.30. The lowest BCUT2D eigenvalue weighted by Crippen LogP contribution is -2.04. The first kappa shape index (κ1) is 15.6. The highest BCUT2D eigenvalue weighted by Gasteiger charge is 2.04. The van der Waals surface area contributed by atoms with Gasteiger partial charge in [-0.25, -0.2) is 4.98 Å². The van der Waals surface area contributed by atoms with Crippen LogP contribution in [0.2, 0.25) is 0 Å². The van der Waals surface area contributed by atoms with Gasteiger partial charge in [0.25, 0.3) is 0 Å². The maximum atomic E-state index is 5.72. The van der Waals surface area contributed by atoms with Gasteiger partial charge < -0.3 is 14.8 Å². The predicted octanol–water partition coefficient (Wildman–Crippen LogP) is 3.65. The fourth-order valence-corrected chi connectivity index (χ4v) is 2.12. The van der Waals surface area contributed by atoms with Crippen molar-refractivity contribution in [2.24, 2.45) is 0 Å². The fraction of sp³-hybridized carbons (Fsp3) is 0.333. The van der Waals surface area contributed by atoms with Crippen molar-refractivity contribution in [2.45, 2.75) is 20.0 Å². The number of hydrogen-bond donors (Lipinski definition) is 1. The molecular formula is C15H18BrN3O2. The minimum atomic E-state index is 0.367. The third-order valence-electron chi connectivity index (χ3n) is 2.78. The van der Waals surface area contributed by atoms with Crippen LogP contribution in [0.15, 0.2) is 35.1 Å². The minimum absolute atomic E-state index is 0.367. The summed E-state index contributed by atoms with van der Waals surface area (Å²) in [6, 6.07) is 5.57. The molecule has 2 aromatic rings. The number of methoxy groups -OCH3 is 1. The van der Waals surface area contributed by atoms with E-state index in [2.05, 4.69) is 38.1 Å². The lowest BCUT2D eigenvalue weighted by atomic mass is 10.3. The van der Waals surface area contributed by atoms with Crippen molar-refractivity contribution in [2.75, 3.05) is 19.0 Å². The lowest BCUT2D eigenvalue weighted by molar-refractivity contribution is 0.298. The summed E-state index contributed by atoms with van der Waals surface area (Å²) in [5, 5.41) is 3.18. The lowest BCUT2D eigenvalue weighted by Gasteiger charge is -2.09. The second-order valence-corrected chi connectivity index (χ2v) is 5.26. The molecule has 0 fully saturated rings. The molecule has 1 aromatic heterocycles. The highest BCUT2D eigenvalue weighted by Crippen LogP contribution is 2.29. The number of nitrogens with one attached hydrogen (secondary N) is 1. The van der Waals surface area contributed by atoms with Gasteiger partial charge in [-0.05, 0) is 40.5 Å². The van der Waals surface area contributed by atoms with E-state index in [4.69, 9.17) is 9.47 Å². The van der Waals surface area contributed by atoms with Crippen molar-refractivity contribution in [1.29, 1.82) is 0 Å².